The van der Waals surface area contributed by atoms with E-state index in [-0.39, 0.29) is 17.5 Å². The minimum atomic E-state index is -0.314. The SMILES string of the molecule is O=C(CSc1ncccn1)NN=Cc1ccc(F)cc1. The molecule has 0 radical (unpaired) electrons. The zero-order valence-electron chi connectivity index (χ0n) is 10.4. The molecule has 1 amide bonds. The highest BCUT2D eigenvalue weighted by Gasteiger charge is 2.02. The van der Waals surface area contributed by atoms with Crippen molar-refractivity contribution in [2.24, 2.45) is 5.10 Å². The van der Waals surface area contributed by atoms with Crippen LogP contribution in [-0.2, 0) is 4.79 Å². The van der Waals surface area contributed by atoms with Crippen molar-refractivity contribution >= 4 is 23.9 Å². The quantitative estimate of drug-likeness (QED) is 0.395. The predicted octanol–water partition coefficient (Wildman–Crippen LogP) is 1.86. The van der Waals surface area contributed by atoms with E-state index < -0.39 is 0 Å². The first-order chi connectivity index (χ1) is 9.74. The number of carbonyl (C=O) groups excluding carboxylic acids is 1. The van der Waals surface area contributed by atoms with Crippen LogP contribution >= 0.6 is 11.8 Å². The highest BCUT2D eigenvalue weighted by molar-refractivity contribution is 7.99. The van der Waals surface area contributed by atoms with Crippen molar-refractivity contribution in [1.82, 2.24) is 15.4 Å². The summed E-state index contributed by atoms with van der Waals surface area (Å²) in [7, 11) is 0. The first-order valence-corrected chi connectivity index (χ1v) is 6.70. The topological polar surface area (TPSA) is 67.2 Å². The molecule has 0 saturated heterocycles. The maximum atomic E-state index is 12.7. The molecule has 1 heterocycles. The first kappa shape index (κ1) is 14.1. The summed E-state index contributed by atoms with van der Waals surface area (Å²) >= 11 is 1.22. The summed E-state index contributed by atoms with van der Waals surface area (Å²) in [5, 5.41) is 4.31. The molecule has 0 spiro atoms. The second kappa shape index (κ2) is 7.34. The van der Waals surface area contributed by atoms with Gasteiger partial charge in [0.25, 0.3) is 5.91 Å². The van der Waals surface area contributed by atoms with E-state index in [9.17, 15) is 9.18 Å². The lowest BCUT2D eigenvalue weighted by Crippen LogP contribution is -2.19. The Hall–Kier alpha value is -2.28. The van der Waals surface area contributed by atoms with Crippen molar-refractivity contribution in [3.05, 3.63) is 54.1 Å². The zero-order chi connectivity index (χ0) is 14.2. The zero-order valence-corrected chi connectivity index (χ0v) is 11.2. The Morgan fingerprint density at radius 2 is 2.00 bits per heavy atom. The maximum absolute atomic E-state index is 12.7. The Labute approximate surface area is 119 Å². The highest BCUT2D eigenvalue weighted by Crippen LogP contribution is 2.09. The average molecular weight is 290 g/mol. The third kappa shape index (κ3) is 4.77. The van der Waals surface area contributed by atoms with Gasteiger partial charge in [-0.2, -0.15) is 5.10 Å². The standard InChI is InChI=1S/C13H11FN4OS/c14-11-4-2-10(3-5-11)8-17-18-12(19)9-20-13-15-6-1-7-16-13/h1-8H,9H2,(H,18,19). The van der Waals surface area contributed by atoms with Gasteiger partial charge in [0.1, 0.15) is 5.82 Å². The van der Waals surface area contributed by atoms with E-state index in [1.807, 2.05) is 0 Å². The number of thioether (sulfide) groups is 1. The Morgan fingerprint density at radius 3 is 2.70 bits per heavy atom. The van der Waals surface area contributed by atoms with Crippen molar-refractivity contribution in [1.29, 1.82) is 0 Å². The number of hydrogen-bond acceptors (Lipinski definition) is 5. The lowest BCUT2D eigenvalue weighted by atomic mass is 10.2. The lowest BCUT2D eigenvalue weighted by Gasteiger charge is -1.99. The number of rotatable bonds is 5. The fourth-order valence-corrected chi connectivity index (χ4v) is 1.85. The summed E-state index contributed by atoms with van der Waals surface area (Å²) in [6, 6.07) is 7.49. The smallest absolute Gasteiger partial charge is 0.250 e. The van der Waals surface area contributed by atoms with Gasteiger partial charge in [-0.05, 0) is 23.8 Å². The number of hydrogen-bond donors (Lipinski definition) is 1. The van der Waals surface area contributed by atoms with Crippen molar-refractivity contribution in [2.75, 3.05) is 5.75 Å². The van der Waals surface area contributed by atoms with Crippen LogP contribution in [0.4, 0.5) is 4.39 Å². The third-order valence-corrected chi connectivity index (χ3v) is 3.02. The van der Waals surface area contributed by atoms with Crippen LogP contribution < -0.4 is 5.43 Å². The molecule has 0 unspecified atom stereocenters. The molecular weight excluding hydrogens is 279 g/mol. The molecule has 2 rings (SSSR count). The third-order valence-electron chi connectivity index (χ3n) is 2.15. The van der Waals surface area contributed by atoms with E-state index in [1.165, 1.54) is 30.1 Å². The number of nitrogens with one attached hydrogen (secondary N) is 1. The molecule has 0 aliphatic carbocycles. The fraction of sp³-hybridized carbons (Fsp3) is 0.0769. The van der Waals surface area contributed by atoms with Crippen LogP contribution in [0.1, 0.15) is 5.56 Å². The number of amides is 1. The van der Waals surface area contributed by atoms with Gasteiger partial charge in [0, 0.05) is 12.4 Å². The molecule has 0 fully saturated rings. The number of carbonyl (C=O) groups is 1. The molecule has 1 aromatic heterocycles. The van der Waals surface area contributed by atoms with Gasteiger partial charge in [-0.25, -0.2) is 19.8 Å². The van der Waals surface area contributed by atoms with E-state index in [4.69, 9.17) is 0 Å². The molecule has 1 N–H and O–H groups in total. The number of nitrogens with zero attached hydrogens (tertiary/aromatic N) is 3. The number of hydrazone groups is 1. The molecule has 1 aromatic carbocycles. The summed E-state index contributed by atoms with van der Waals surface area (Å²) in [6.07, 6.45) is 4.67. The Bertz CT molecular complexity index is 589. The van der Waals surface area contributed by atoms with Gasteiger partial charge in [0.05, 0.1) is 12.0 Å². The second-order valence-electron chi connectivity index (χ2n) is 3.66. The van der Waals surface area contributed by atoms with Crippen LogP contribution in [0.3, 0.4) is 0 Å². The van der Waals surface area contributed by atoms with Crippen LogP contribution in [0.25, 0.3) is 0 Å². The average Bonchev–Trinajstić information content (AvgIpc) is 2.48. The summed E-state index contributed by atoms with van der Waals surface area (Å²) in [4.78, 5) is 19.5. The molecule has 20 heavy (non-hydrogen) atoms. The van der Waals surface area contributed by atoms with E-state index in [0.29, 0.717) is 10.7 Å². The van der Waals surface area contributed by atoms with Crippen molar-refractivity contribution < 1.29 is 9.18 Å². The number of benzene rings is 1. The number of aromatic nitrogens is 2. The van der Waals surface area contributed by atoms with Gasteiger partial charge in [0.2, 0.25) is 0 Å². The molecule has 0 atom stereocenters. The first-order valence-electron chi connectivity index (χ1n) is 5.71. The Balaban J connectivity index is 1.76. The molecule has 0 aliphatic heterocycles. The van der Waals surface area contributed by atoms with Gasteiger partial charge >= 0.3 is 0 Å². The van der Waals surface area contributed by atoms with Gasteiger partial charge < -0.3 is 0 Å². The van der Waals surface area contributed by atoms with Crippen LogP contribution in [-0.4, -0.2) is 27.8 Å². The van der Waals surface area contributed by atoms with Gasteiger partial charge in [-0.1, -0.05) is 23.9 Å². The predicted molar refractivity (Wildman–Crippen MR) is 74.9 cm³/mol. The van der Waals surface area contributed by atoms with Gasteiger partial charge in [-0.15, -0.1) is 0 Å². The molecule has 0 saturated carbocycles. The molecule has 2 aromatic rings. The normalized spacial score (nSPS) is 10.7. The van der Waals surface area contributed by atoms with E-state index in [2.05, 4.69) is 20.5 Å². The second-order valence-corrected chi connectivity index (χ2v) is 4.61. The van der Waals surface area contributed by atoms with Gasteiger partial charge in [0.15, 0.2) is 5.16 Å². The van der Waals surface area contributed by atoms with E-state index in [1.54, 1.807) is 30.6 Å². The van der Waals surface area contributed by atoms with Gasteiger partial charge in [-0.3, -0.25) is 4.79 Å². The fourth-order valence-electron chi connectivity index (χ4n) is 1.25. The van der Waals surface area contributed by atoms with Crippen molar-refractivity contribution in [3.8, 4) is 0 Å². The monoisotopic (exact) mass is 290 g/mol. The lowest BCUT2D eigenvalue weighted by molar-refractivity contribution is -0.118. The molecular formula is C13H11FN4OS. The van der Waals surface area contributed by atoms with Crippen LogP contribution in [0, 0.1) is 5.82 Å². The summed E-state index contributed by atoms with van der Waals surface area (Å²) in [5.41, 5.74) is 3.08. The number of halogens is 1. The largest absolute Gasteiger partial charge is 0.272 e. The summed E-state index contributed by atoms with van der Waals surface area (Å²) < 4.78 is 12.7. The minimum Gasteiger partial charge on any atom is -0.272 e. The minimum absolute atomic E-state index is 0.171. The summed E-state index contributed by atoms with van der Waals surface area (Å²) in [5.74, 6) is -0.406. The molecule has 7 heteroatoms. The highest BCUT2D eigenvalue weighted by atomic mass is 32.2. The molecule has 5 nitrogen and oxygen atoms in total. The van der Waals surface area contributed by atoms with E-state index in [0.717, 1.165) is 0 Å². The van der Waals surface area contributed by atoms with Crippen LogP contribution in [0.2, 0.25) is 0 Å². The van der Waals surface area contributed by atoms with E-state index >= 15 is 0 Å². The Kier molecular flexibility index (Phi) is 5.19. The maximum Gasteiger partial charge on any atom is 0.250 e. The van der Waals surface area contributed by atoms with Crippen LogP contribution in [0.5, 0.6) is 0 Å². The summed E-state index contributed by atoms with van der Waals surface area (Å²) in [6.45, 7) is 0. The molecule has 0 bridgehead atoms. The Morgan fingerprint density at radius 1 is 1.30 bits per heavy atom. The van der Waals surface area contributed by atoms with Crippen LogP contribution in [0.15, 0.2) is 53.0 Å². The van der Waals surface area contributed by atoms with Crippen molar-refractivity contribution in [2.45, 2.75) is 5.16 Å². The molecule has 102 valence electrons. The van der Waals surface area contributed by atoms with Crippen molar-refractivity contribution in [3.63, 3.8) is 0 Å². The molecule has 0 aliphatic rings.